The number of amides is 1. The van der Waals surface area contributed by atoms with Crippen LogP contribution in [0.1, 0.15) is 13.3 Å². The molecule has 1 amide bonds. The Bertz CT molecular complexity index is 276. The van der Waals surface area contributed by atoms with Crippen molar-refractivity contribution in [2.24, 2.45) is 0 Å². The fraction of sp³-hybridized carbons (Fsp3) is 0.769. The van der Waals surface area contributed by atoms with Crippen LogP contribution in [0, 0.1) is 0 Å². The molecule has 4 heteroatoms. The molecule has 0 spiro atoms. The van der Waals surface area contributed by atoms with Crippen LogP contribution in [0.4, 0.5) is 0 Å². The van der Waals surface area contributed by atoms with Crippen molar-refractivity contribution >= 4 is 5.91 Å². The normalized spacial score (nSPS) is 19.9. The molecule has 1 rings (SSSR count). The summed E-state index contributed by atoms with van der Waals surface area (Å²) in [7, 11) is 4.56. The van der Waals surface area contributed by atoms with Crippen molar-refractivity contribution in [1.29, 1.82) is 0 Å². The Morgan fingerprint density at radius 1 is 1.35 bits per heavy atom. The number of hydrogen-bond acceptors (Lipinski definition) is 2. The zero-order valence-corrected chi connectivity index (χ0v) is 11.5. The SMILES string of the molecule is C=C(C)C(=O)NCCCN1CC[N+](C)(C)CC1. The van der Waals surface area contributed by atoms with E-state index in [0.29, 0.717) is 5.57 Å². The highest BCUT2D eigenvalue weighted by molar-refractivity contribution is 5.91. The molecule has 1 heterocycles. The van der Waals surface area contributed by atoms with Crippen molar-refractivity contribution in [3.05, 3.63) is 12.2 Å². The van der Waals surface area contributed by atoms with Crippen molar-refractivity contribution in [3.8, 4) is 0 Å². The average Bonchev–Trinajstić information content (AvgIpc) is 2.25. The van der Waals surface area contributed by atoms with Crippen LogP contribution in [-0.4, -0.2) is 68.7 Å². The average molecular weight is 240 g/mol. The Balaban J connectivity index is 2.08. The van der Waals surface area contributed by atoms with E-state index in [1.807, 2.05) is 0 Å². The fourth-order valence-electron chi connectivity index (χ4n) is 1.93. The van der Waals surface area contributed by atoms with Crippen molar-refractivity contribution in [3.63, 3.8) is 0 Å². The first kappa shape index (κ1) is 14.2. The van der Waals surface area contributed by atoms with E-state index in [1.54, 1.807) is 6.92 Å². The Morgan fingerprint density at radius 3 is 2.47 bits per heavy atom. The standard InChI is InChI=1S/C13H25N3O/c1-12(2)13(17)14-6-5-7-15-8-10-16(3,4)11-9-15/h1,5-11H2,2-4H3/p+1. The number of carbonyl (C=O) groups excluding carboxylic acids is 1. The van der Waals surface area contributed by atoms with Crippen LogP contribution < -0.4 is 5.32 Å². The van der Waals surface area contributed by atoms with Gasteiger partial charge in [-0.25, -0.2) is 0 Å². The molecule has 98 valence electrons. The first-order chi connectivity index (χ1) is 7.91. The highest BCUT2D eigenvalue weighted by Crippen LogP contribution is 2.06. The van der Waals surface area contributed by atoms with Gasteiger partial charge in [0.15, 0.2) is 0 Å². The molecule has 0 aliphatic carbocycles. The van der Waals surface area contributed by atoms with Gasteiger partial charge in [0, 0.05) is 31.8 Å². The number of nitrogens with one attached hydrogen (secondary N) is 1. The molecule has 0 bridgehead atoms. The number of hydrogen-bond donors (Lipinski definition) is 1. The summed E-state index contributed by atoms with van der Waals surface area (Å²) in [6, 6.07) is 0. The molecule has 17 heavy (non-hydrogen) atoms. The lowest BCUT2D eigenvalue weighted by Crippen LogP contribution is -2.54. The smallest absolute Gasteiger partial charge is 0.246 e. The molecule has 1 saturated heterocycles. The Hall–Kier alpha value is -0.870. The largest absolute Gasteiger partial charge is 0.352 e. The van der Waals surface area contributed by atoms with Gasteiger partial charge in [-0.05, 0) is 13.3 Å². The van der Waals surface area contributed by atoms with E-state index in [9.17, 15) is 4.79 Å². The molecule has 4 nitrogen and oxygen atoms in total. The van der Waals surface area contributed by atoms with Gasteiger partial charge in [-0.15, -0.1) is 0 Å². The number of rotatable bonds is 5. The second-order valence-corrected chi connectivity index (χ2v) is 5.61. The summed E-state index contributed by atoms with van der Waals surface area (Å²) < 4.78 is 1.13. The van der Waals surface area contributed by atoms with E-state index in [2.05, 4.69) is 30.9 Å². The Kier molecular flexibility index (Phi) is 5.15. The molecule has 1 fully saturated rings. The molecule has 0 radical (unpaired) electrons. The molecule has 0 aromatic heterocycles. The van der Waals surface area contributed by atoms with Crippen molar-refractivity contribution < 1.29 is 9.28 Å². The number of carbonyl (C=O) groups is 1. The first-order valence-corrected chi connectivity index (χ1v) is 6.39. The molecule has 0 saturated carbocycles. The van der Waals surface area contributed by atoms with Crippen LogP contribution in [0.2, 0.25) is 0 Å². The molecule has 1 aliphatic heterocycles. The topological polar surface area (TPSA) is 32.3 Å². The third kappa shape index (κ3) is 5.33. The third-order valence-electron chi connectivity index (χ3n) is 3.37. The predicted molar refractivity (Wildman–Crippen MR) is 70.7 cm³/mol. The van der Waals surface area contributed by atoms with Gasteiger partial charge < -0.3 is 9.80 Å². The van der Waals surface area contributed by atoms with Crippen LogP contribution in [0.3, 0.4) is 0 Å². The third-order valence-corrected chi connectivity index (χ3v) is 3.37. The highest BCUT2D eigenvalue weighted by atomic mass is 16.1. The lowest BCUT2D eigenvalue weighted by atomic mass is 10.2. The monoisotopic (exact) mass is 240 g/mol. The van der Waals surface area contributed by atoms with E-state index >= 15 is 0 Å². The van der Waals surface area contributed by atoms with Crippen molar-refractivity contribution in [2.75, 3.05) is 53.4 Å². The maximum atomic E-state index is 11.3. The second kappa shape index (κ2) is 6.17. The minimum Gasteiger partial charge on any atom is -0.352 e. The maximum absolute atomic E-state index is 11.3. The molecule has 0 atom stereocenters. The molecule has 1 N–H and O–H groups in total. The summed E-state index contributed by atoms with van der Waals surface area (Å²) in [5.74, 6) is -0.0264. The number of nitrogens with zero attached hydrogens (tertiary/aromatic N) is 2. The molecular formula is C13H26N3O+. The van der Waals surface area contributed by atoms with Crippen molar-refractivity contribution in [2.45, 2.75) is 13.3 Å². The van der Waals surface area contributed by atoms with Gasteiger partial charge in [0.05, 0.1) is 27.2 Å². The zero-order chi connectivity index (χ0) is 12.9. The van der Waals surface area contributed by atoms with Gasteiger partial charge in [-0.1, -0.05) is 6.58 Å². The fourth-order valence-corrected chi connectivity index (χ4v) is 1.93. The lowest BCUT2D eigenvalue weighted by Gasteiger charge is -2.39. The molecule has 1 aliphatic rings. The quantitative estimate of drug-likeness (QED) is 0.430. The maximum Gasteiger partial charge on any atom is 0.246 e. The van der Waals surface area contributed by atoms with E-state index < -0.39 is 0 Å². The number of likely N-dealkylation sites (N-methyl/N-ethyl adjacent to an activating group) is 1. The van der Waals surface area contributed by atoms with Gasteiger partial charge in [0.2, 0.25) is 5.91 Å². The molecule has 0 unspecified atom stereocenters. The summed E-state index contributed by atoms with van der Waals surface area (Å²) >= 11 is 0. The van der Waals surface area contributed by atoms with E-state index in [1.165, 1.54) is 26.2 Å². The minimum atomic E-state index is -0.0264. The summed E-state index contributed by atoms with van der Waals surface area (Å²) in [5.41, 5.74) is 0.585. The van der Waals surface area contributed by atoms with Crippen LogP contribution in [0.5, 0.6) is 0 Å². The zero-order valence-electron chi connectivity index (χ0n) is 11.5. The van der Waals surface area contributed by atoms with E-state index in [-0.39, 0.29) is 5.91 Å². The van der Waals surface area contributed by atoms with Gasteiger partial charge in [-0.3, -0.25) is 9.69 Å². The molecule has 0 aromatic rings. The summed E-state index contributed by atoms with van der Waals surface area (Å²) in [4.78, 5) is 13.7. The number of piperazine rings is 1. The van der Waals surface area contributed by atoms with Crippen LogP contribution in [-0.2, 0) is 4.79 Å². The van der Waals surface area contributed by atoms with E-state index in [0.717, 1.165) is 24.0 Å². The lowest BCUT2D eigenvalue weighted by molar-refractivity contribution is -0.894. The minimum absolute atomic E-state index is 0.0264. The van der Waals surface area contributed by atoms with Crippen LogP contribution in [0.15, 0.2) is 12.2 Å². The van der Waals surface area contributed by atoms with Gasteiger partial charge in [0.1, 0.15) is 0 Å². The van der Waals surface area contributed by atoms with Crippen LogP contribution in [0.25, 0.3) is 0 Å². The van der Waals surface area contributed by atoms with Crippen molar-refractivity contribution in [1.82, 2.24) is 10.2 Å². The van der Waals surface area contributed by atoms with E-state index in [4.69, 9.17) is 0 Å². The summed E-state index contributed by atoms with van der Waals surface area (Å²) in [6.07, 6.45) is 1.02. The second-order valence-electron chi connectivity index (χ2n) is 5.61. The molecular weight excluding hydrogens is 214 g/mol. The highest BCUT2D eigenvalue weighted by Gasteiger charge is 2.23. The number of quaternary nitrogens is 1. The molecule has 0 aromatic carbocycles. The first-order valence-electron chi connectivity index (χ1n) is 6.39. The van der Waals surface area contributed by atoms with Gasteiger partial charge in [-0.2, -0.15) is 0 Å². The Labute approximate surface area is 105 Å². The summed E-state index contributed by atoms with van der Waals surface area (Å²) in [5, 5.41) is 2.87. The summed E-state index contributed by atoms with van der Waals surface area (Å²) in [6.45, 7) is 12.0. The van der Waals surface area contributed by atoms with Crippen LogP contribution >= 0.6 is 0 Å². The van der Waals surface area contributed by atoms with Gasteiger partial charge in [0.25, 0.3) is 0 Å². The Morgan fingerprint density at radius 2 is 1.94 bits per heavy atom. The predicted octanol–water partition coefficient (Wildman–Crippen LogP) is 0.461. The van der Waals surface area contributed by atoms with Gasteiger partial charge >= 0.3 is 0 Å².